The number of nitrogens with one attached hydrogen (secondary N) is 1. The summed E-state index contributed by atoms with van der Waals surface area (Å²) in [4.78, 5) is 2.23. The maximum Gasteiger partial charge on any atom is 0.169 e. The molecule has 5 nitrogen and oxygen atoms in total. The molecule has 2 aromatic carbocycles. The first kappa shape index (κ1) is 23.2. The Morgan fingerprint density at radius 1 is 1.03 bits per heavy atom. The Morgan fingerprint density at radius 3 is 2.23 bits per heavy atom. The molecule has 1 unspecified atom stereocenters. The van der Waals surface area contributed by atoms with Crippen LogP contribution in [0, 0.1) is 13.8 Å². The predicted octanol–water partition coefficient (Wildman–Crippen LogP) is 4.97. The molecule has 0 aromatic heterocycles. The first-order valence-corrected chi connectivity index (χ1v) is 11.1. The minimum atomic E-state index is -0.117. The fourth-order valence-electron chi connectivity index (χ4n) is 4.03. The number of nitrogens with zero attached hydrogens (tertiary/aromatic N) is 1. The number of ether oxygens (including phenoxy) is 3. The number of hydrogen-bond acceptors (Lipinski definition) is 4. The molecule has 31 heavy (non-hydrogen) atoms. The molecule has 0 bridgehead atoms. The summed E-state index contributed by atoms with van der Waals surface area (Å²) in [5, 5.41) is 4.20. The maximum atomic E-state index is 6.30. The standard InChI is InChI=1S/C25H34N2O3S/c1-16-10-17(2)12-19(11-16)30-15-21-20-14-23(29-7)22(28-6)13-18(20)8-9-27(21)24(31)26-25(3,4)5/h10-14,21H,8-9,15H2,1-7H3,(H,26,31). The van der Waals surface area contributed by atoms with E-state index in [1.54, 1.807) is 14.2 Å². The summed E-state index contributed by atoms with van der Waals surface area (Å²) >= 11 is 5.81. The van der Waals surface area contributed by atoms with Crippen molar-refractivity contribution in [3.05, 3.63) is 52.6 Å². The molecule has 168 valence electrons. The molecule has 0 saturated heterocycles. The van der Waals surface area contributed by atoms with Crippen LogP contribution in [-0.4, -0.2) is 42.9 Å². The van der Waals surface area contributed by atoms with E-state index < -0.39 is 0 Å². The van der Waals surface area contributed by atoms with Gasteiger partial charge in [-0.15, -0.1) is 0 Å². The second-order valence-corrected chi connectivity index (χ2v) is 9.57. The third-order valence-corrected chi connectivity index (χ3v) is 5.69. The number of methoxy groups -OCH3 is 2. The first-order chi connectivity index (χ1) is 14.6. The summed E-state index contributed by atoms with van der Waals surface area (Å²) in [5.41, 5.74) is 4.65. The molecule has 1 aliphatic rings. The van der Waals surface area contributed by atoms with Gasteiger partial charge in [0, 0.05) is 12.1 Å². The van der Waals surface area contributed by atoms with Gasteiger partial charge in [0.25, 0.3) is 0 Å². The molecule has 3 rings (SSSR count). The Labute approximate surface area is 191 Å². The lowest BCUT2D eigenvalue weighted by Gasteiger charge is -2.41. The van der Waals surface area contributed by atoms with Gasteiger partial charge in [-0.25, -0.2) is 0 Å². The van der Waals surface area contributed by atoms with Crippen LogP contribution in [0.1, 0.15) is 49.1 Å². The number of rotatable bonds is 5. The van der Waals surface area contributed by atoms with Crippen molar-refractivity contribution in [1.29, 1.82) is 0 Å². The Bertz CT molecular complexity index is 932. The van der Waals surface area contributed by atoms with Crippen LogP contribution >= 0.6 is 12.2 Å². The van der Waals surface area contributed by atoms with Gasteiger partial charge in [0.2, 0.25) is 0 Å². The number of thiocarbonyl (C=S) groups is 1. The number of benzene rings is 2. The molecule has 1 heterocycles. The molecule has 0 radical (unpaired) electrons. The minimum absolute atomic E-state index is 0.0354. The van der Waals surface area contributed by atoms with Crippen molar-refractivity contribution >= 4 is 17.3 Å². The Hall–Kier alpha value is -2.47. The molecule has 0 saturated carbocycles. The van der Waals surface area contributed by atoms with Crippen molar-refractivity contribution in [1.82, 2.24) is 10.2 Å². The van der Waals surface area contributed by atoms with Crippen LogP contribution in [0.15, 0.2) is 30.3 Å². The maximum absolute atomic E-state index is 6.30. The molecule has 0 amide bonds. The van der Waals surface area contributed by atoms with E-state index in [1.807, 2.05) is 0 Å². The van der Waals surface area contributed by atoms with Crippen molar-refractivity contribution in [3.63, 3.8) is 0 Å². The summed E-state index contributed by atoms with van der Waals surface area (Å²) in [6.07, 6.45) is 0.877. The molecule has 2 aromatic rings. The third-order valence-electron chi connectivity index (χ3n) is 5.35. The lowest BCUT2D eigenvalue weighted by molar-refractivity contribution is 0.184. The molecule has 0 aliphatic carbocycles. The monoisotopic (exact) mass is 442 g/mol. The van der Waals surface area contributed by atoms with E-state index in [-0.39, 0.29) is 11.6 Å². The highest BCUT2D eigenvalue weighted by atomic mass is 32.1. The van der Waals surface area contributed by atoms with Crippen LogP contribution < -0.4 is 19.5 Å². The van der Waals surface area contributed by atoms with Gasteiger partial charge in [-0.2, -0.15) is 0 Å². The van der Waals surface area contributed by atoms with E-state index in [2.05, 4.69) is 75.2 Å². The van der Waals surface area contributed by atoms with Crippen molar-refractivity contribution in [2.45, 2.75) is 52.6 Å². The first-order valence-electron chi connectivity index (χ1n) is 10.7. The average molecular weight is 443 g/mol. The zero-order valence-electron chi connectivity index (χ0n) is 19.7. The van der Waals surface area contributed by atoms with Crippen LogP contribution in [0.5, 0.6) is 17.2 Å². The van der Waals surface area contributed by atoms with Gasteiger partial charge >= 0.3 is 0 Å². The molecule has 1 aliphatic heterocycles. The van der Waals surface area contributed by atoms with E-state index in [0.29, 0.717) is 12.4 Å². The highest BCUT2D eigenvalue weighted by Crippen LogP contribution is 2.38. The highest BCUT2D eigenvalue weighted by Gasteiger charge is 2.32. The van der Waals surface area contributed by atoms with Gasteiger partial charge in [0.15, 0.2) is 16.6 Å². The molecular weight excluding hydrogens is 408 g/mol. The predicted molar refractivity (Wildman–Crippen MR) is 130 cm³/mol. The summed E-state index contributed by atoms with van der Waals surface area (Å²) in [7, 11) is 3.33. The van der Waals surface area contributed by atoms with Crippen LogP contribution in [-0.2, 0) is 6.42 Å². The summed E-state index contributed by atoms with van der Waals surface area (Å²) in [5.74, 6) is 2.34. The molecule has 0 fully saturated rings. The zero-order chi connectivity index (χ0) is 22.8. The van der Waals surface area contributed by atoms with Crippen molar-refractivity contribution in [2.75, 3.05) is 27.4 Å². The quantitative estimate of drug-likeness (QED) is 0.660. The lowest BCUT2D eigenvalue weighted by atomic mass is 9.92. The molecule has 0 spiro atoms. The normalized spacial score (nSPS) is 15.8. The van der Waals surface area contributed by atoms with Gasteiger partial charge in [-0.05, 0) is 99.8 Å². The van der Waals surface area contributed by atoms with Crippen LogP contribution in [0.3, 0.4) is 0 Å². The van der Waals surface area contributed by atoms with Gasteiger partial charge in [0.05, 0.1) is 20.3 Å². The topological polar surface area (TPSA) is 43.0 Å². The smallest absolute Gasteiger partial charge is 0.169 e. The van der Waals surface area contributed by atoms with Gasteiger partial charge in [-0.1, -0.05) is 6.07 Å². The van der Waals surface area contributed by atoms with Crippen molar-refractivity contribution < 1.29 is 14.2 Å². The summed E-state index contributed by atoms with van der Waals surface area (Å²) < 4.78 is 17.4. The van der Waals surface area contributed by atoms with E-state index in [0.717, 1.165) is 35.1 Å². The summed E-state index contributed by atoms with van der Waals surface area (Å²) in [6.45, 7) is 11.8. The van der Waals surface area contributed by atoms with Crippen LogP contribution in [0.4, 0.5) is 0 Å². The average Bonchev–Trinajstić information content (AvgIpc) is 2.68. The fourth-order valence-corrected chi connectivity index (χ4v) is 4.56. The minimum Gasteiger partial charge on any atom is -0.493 e. The third kappa shape index (κ3) is 5.62. The van der Waals surface area contributed by atoms with Crippen LogP contribution in [0.25, 0.3) is 0 Å². The Balaban J connectivity index is 1.96. The van der Waals surface area contributed by atoms with Crippen molar-refractivity contribution in [2.24, 2.45) is 0 Å². The van der Waals surface area contributed by atoms with Crippen LogP contribution in [0.2, 0.25) is 0 Å². The van der Waals surface area contributed by atoms with Gasteiger partial charge < -0.3 is 24.4 Å². The number of hydrogen-bond donors (Lipinski definition) is 1. The number of fused-ring (bicyclic) bond motifs is 1. The largest absolute Gasteiger partial charge is 0.493 e. The molecule has 1 atom stereocenters. The fraction of sp³-hybridized carbons (Fsp3) is 0.480. The second kappa shape index (κ2) is 9.35. The van der Waals surface area contributed by atoms with E-state index in [9.17, 15) is 0 Å². The van der Waals surface area contributed by atoms with Gasteiger partial charge in [-0.3, -0.25) is 0 Å². The molecule has 6 heteroatoms. The Kier molecular flexibility index (Phi) is 6.99. The number of aryl methyl sites for hydroxylation is 2. The lowest BCUT2D eigenvalue weighted by Crippen LogP contribution is -2.52. The van der Waals surface area contributed by atoms with E-state index in [4.69, 9.17) is 26.4 Å². The van der Waals surface area contributed by atoms with Crippen molar-refractivity contribution in [3.8, 4) is 17.2 Å². The highest BCUT2D eigenvalue weighted by molar-refractivity contribution is 7.80. The molecular formula is C25H34N2O3S. The summed E-state index contributed by atoms with van der Waals surface area (Å²) in [6, 6.07) is 10.4. The van der Waals surface area contributed by atoms with E-state index in [1.165, 1.54) is 16.7 Å². The van der Waals surface area contributed by atoms with E-state index >= 15 is 0 Å². The van der Waals surface area contributed by atoms with Gasteiger partial charge in [0.1, 0.15) is 12.4 Å². The zero-order valence-corrected chi connectivity index (χ0v) is 20.5. The second-order valence-electron chi connectivity index (χ2n) is 9.18. The Morgan fingerprint density at radius 2 is 1.65 bits per heavy atom. The SMILES string of the molecule is COc1cc2c(cc1OC)C(COc1cc(C)cc(C)c1)N(C(=S)NC(C)(C)C)CC2. The molecule has 1 N–H and O–H groups in total.